The van der Waals surface area contributed by atoms with Crippen LogP contribution >= 0.6 is 0 Å². The van der Waals surface area contributed by atoms with Crippen molar-refractivity contribution in [1.82, 2.24) is 4.90 Å². The van der Waals surface area contributed by atoms with Crippen LogP contribution < -0.4 is 9.64 Å². The van der Waals surface area contributed by atoms with Gasteiger partial charge in [0.2, 0.25) is 0 Å². The third-order valence-corrected chi connectivity index (χ3v) is 5.89. The van der Waals surface area contributed by atoms with Crippen molar-refractivity contribution < 1.29 is 4.74 Å². The predicted octanol–water partition coefficient (Wildman–Crippen LogP) is 4.79. The topological polar surface area (TPSA) is 15.7 Å². The Hall–Kier alpha value is -2.52. The summed E-state index contributed by atoms with van der Waals surface area (Å²) in [6.45, 7) is 9.64. The summed E-state index contributed by atoms with van der Waals surface area (Å²) in [5.41, 5.74) is 5.46. The van der Waals surface area contributed by atoms with E-state index in [1.165, 1.54) is 33.2 Å². The smallest absolute Gasteiger partial charge is 0.123 e. The van der Waals surface area contributed by atoms with Gasteiger partial charge in [-0.3, -0.25) is 4.90 Å². The van der Waals surface area contributed by atoms with Crippen molar-refractivity contribution in [2.24, 2.45) is 0 Å². The van der Waals surface area contributed by atoms with Gasteiger partial charge in [-0.15, -0.1) is 0 Å². The van der Waals surface area contributed by atoms with Gasteiger partial charge in [0.15, 0.2) is 0 Å². The van der Waals surface area contributed by atoms with Crippen molar-refractivity contribution in [3.63, 3.8) is 0 Å². The first-order valence-corrected chi connectivity index (χ1v) is 9.75. The highest BCUT2D eigenvalue weighted by atomic mass is 16.5. The van der Waals surface area contributed by atoms with Crippen molar-refractivity contribution in [2.75, 3.05) is 38.2 Å². The normalized spacial score (nSPS) is 15.3. The third kappa shape index (κ3) is 3.52. The lowest BCUT2D eigenvalue weighted by Gasteiger charge is -2.37. The summed E-state index contributed by atoms with van der Waals surface area (Å²) in [6.07, 6.45) is 0. The largest absolute Gasteiger partial charge is 0.496 e. The summed E-state index contributed by atoms with van der Waals surface area (Å²) in [6, 6.07) is 19.5. The fourth-order valence-electron chi connectivity index (χ4n) is 4.12. The maximum absolute atomic E-state index is 5.68. The number of rotatable bonds is 4. The molecule has 1 heterocycles. The zero-order valence-electron chi connectivity index (χ0n) is 16.5. The number of hydrogen-bond donors (Lipinski definition) is 0. The lowest BCUT2D eigenvalue weighted by atomic mass is 10.0. The van der Waals surface area contributed by atoms with Gasteiger partial charge in [0.25, 0.3) is 0 Å². The summed E-state index contributed by atoms with van der Waals surface area (Å²) < 4.78 is 5.68. The molecule has 4 rings (SSSR count). The van der Waals surface area contributed by atoms with Crippen LogP contribution in [0.3, 0.4) is 0 Å². The van der Waals surface area contributed by atoms with E-state index in [2.05, 4.69) is 78.2 Å². The molecule has 3 aromatic rings. The summed E-state index contributed by atoms with van der Waals surface area (Å²) in [5, 5.41) is 2.58. The molecule has 1 saturated heterocycles. The SMILES string of the molecule is COc1ccc2ccccc2c1CN1CCN(c2cccc(C)c2C)CC1. The molecule has 0 saturated carbocycles. The maximum atomic E-state index is 5.68. The molecule has 0 aliphatic carbocycles. The molecule has 1 aliphatic rings. The van der Waals surface area contributed by atoms with E-state index in [9.17, 15) is 0 Å². The van der Waals surface area contributed by atoms with Crippen molar-refractivity contribution in [1.29, 1.82) is 0 Å². The van der Waals surface area contributed by atoms with E-state index in [1.54, 1.807) is 7.11 Å². The van der Waals surface area contributed by atoms with Crippen LogP contribution in [0.15, 0.2) is 54.6 Å². The molecule has 0 spiro atoms. The number of anilines is 1. The molecule has 0 N–H and O–H groups in total. The molecular weight excluding hydrogens is 332 g/mol. The molecule has 3 aromatic carbocycles. The van der Waals surface area contributed by atoms with Gasteiger partial charge in [-0.1, -0.05) is 42.5 Å². The zero-order valence-corrected chi connectivity index (χ0v) is 16.5. The van der Waals surface area contributed by atoms with Crippen LogP contribution in [0.4, 0.5) is 5.69 Å². The van der Waals surface area contributed by atoms with E-state index in [-0.39, 0.29) is 0 Å². The minimum atomic E-state index is 0.936. The standard InChI is InChI=1S/C24H28N2O/c1-18-7-6-10-23(19(18)2)26-15-13-25(14-16-26)17-22-21-9-5-4-8-20(21)11-12-24(22)27-3/h4-12H,13-17H2,1-3H3. The molecule has 0 unspecified atom stereocenters. The number of aryl methyl sites for hydroxylation is 1. The van der Waals surface area contributed by atoms with Gasteiger partial charge in [0, 0.05) is 44.0 Å². The Labute approximate surface area is 162 Å². The monoisotopic (exact) mass is 360 g/mol. The van der Waals surface area contributed by atoms with E-state index in [1.807, 2.05) is 0 Å². The Morgan fingerprint density at radius 3 is 2.41 bits per heavy atom. The molecule has 0 bridgehead atoms. The lowest BCUT2D eigenvalue weighted by molar-refractivity contribution is 0.247. The molecule has 0 aromatic heterocycles. The van der Waals surface area contributed by atoms with Gasteiger partial charge in [-0.25, -0.2) is 0 Å². The maximum Gasteiger partial charge on any atom is 0.123 e. The van der Waals surface area contributed by atoms with Gasteiger partial charge < -0.3 is 9.64 Å². The molecule has 0 amide bonds. The Balaban J connectivity index is 1.51. The molecule has 140 valence electrons. The minimum absolute atomic E-state index is 0.936. The molecular formula is C24H28N2O. The number of methoxy groups -OCH3 is 1. The summed E-state index contributed by atoms with van der Waals surface area (Å²) in [7, 11) is 1.77. The van der Waals surface area contributed by atoms with Crippen molar-refractivity contribution >= 4 is 16.5 Å². The first kappa shape index (κ1) is 17.9. The van der Waals surface area contributed by atoms with E-state index in [0.717, 1.165) is 38.5 Å². The molecule has 3 heteroatoms. The second kappa shape index (κ2) is 7.61. The highest BCUT2D eigenvalue weighted by Gasteiger charge is 2.20. The van der Waals surface area contributed by atoms with Crippen molar-refractivity contribution in [3.05, 3.63) is 71.3 Å². The molecule has 3 nitrogen and oxygen atoms in total. The average molecular weight is 361 g/mol. The van der Waals surface area contributed by atoms with Gasteiger partial charge >= 0.3 is 0 Å². The molecule has 1 aliphatic heterocycles. The Morgan fingerprint density at radius 1 is 0.852 bits per heavy atom. The third-order valence-electron chi connectivity index (χ3n) is 5.89. The van der Waals surface area contributed by atoms with Crippen LogP contribution in [0, 0.1) is 13.8 Å². The van der Waals surface area contributed by atoms with Crippen LogP contribution in [0.2, 0.25) is 0 Å². The van der Waals surface area contributed by atoms with E-state index in [0.29, 0.717) is 0 Å². The zero-order chi connectivity index (χ0) is 18.8. The van der Waals surface area contributed by atoms with Gasteiger partial charge in [0.1, 0.15) is 5.75 Å². The summed E-state index contributed by atoms with van der Waals surface area (Å²) >= 11 is 0. The van der Waals surface area contributed by atoms with Crippen LogP contribution in [0.25, 0.3) is 10.8 Å². The molecule has 27 heavy (non-hydrogen) atoms. The Bertz CT molecular complexity index is 942. The lowest BCUT2D eigenvalue weighted by Crippen LogP contribution is -2.46. The number of nitrogens with zero attached hydrogens (tertiary/aromatic N) is 2. The molecule has 0 radical (unpaired) electrons. The van der Waals surface area contributed by atoms with Crippen LogP contribution in [0.5, 0.6) is 5.75 Å². The molecule has 1 fully saturated rings. The number of piperazine rings is 1. The number of benzene rings is 3. The highest BCUT2D eigenvalue weighted by molar-refractivity contribution is 5.87. The highest BCUT2D eigenvalue weighted by Crippen LogP contribution is 2.30. The second-order valence-corrected chi connectivity index (χ2v) is 7.45. The second-order valence-electron chi connectivity index (χ2n) is 7.45. The van der Waals surface area contributed by atoms with Crippen LogP contribution in [-0.2, 0) is 6.54 Å². The average Bonchev–Trinajstić information content (AvgIpc) is 2.71. The number of ether oxygens (including phenoxy) is 1. The summed E-state index contributed by atoms with van der Waals surface area (Å²) in [5.74, 6) is 0.991. The fraction of sp³-hybridized carbons (Fsp3) is 0.333. The van der Waals surface area contributed by atoms with Gasteiger partial charge in [-0.05, 0) is 47.9 Å². The number of hydrogen-bond acceptors (Lipinski definition) is 3. The summed E-state index contributed by atoms with van der Waals surface area (Å²) in [4.78, 5) is 5.07. The first-order valence-electron chi connectivity index (χ1n) is 9.75. The van der Waals surface area contributed by atoms with Crippen molar-refractivity contribution in [3.8, 4) is 5.75 Å². The Morgan fingerprint density at radius 2 is 1.63 bits per heavy atom. The number of fused-ring (bicyclic) bond motifs is 1. The first-order chi connectivity index (χ1) is 13.2. The van der Waals surface area contributed by atoms with E-state index in [4.69, 9.17) is 4.74 Å². The minimum Gasteiger partial charge on any atom is -0.496 e. The quantitative estimate of drug-likeness (QED) is 0.665. The van der Waals surface area contributed by atoms with Crippen molar-refractivity contribution in [2.45, 2.75) is 20.4 Å². The van der Waals surface area contributed by atoms with Gasteiger partial charge in [0.05, 0.1) is 7.11 Å². The Kier molecular flexibility index (Phi) is 5.04. The molecule has 0 atom stereocenters. The van der Waals surface area contributed by atoms with E-state index >= 15 is 0 Å². The van der Waals surface area contributed by atoms with Gasteiger partial charge in [-0.2, -0.15) is 0 Å². The van der Waals surface area contributed by atoms with Crippen LogP contribution in [-0.4, -0.2) is 38.2 Å². The van der Waals surface area contributed by atoms with E-state index < -0.39 is 0 Å². The van der Waals surface area contributed by atoms with Crippen LogP contribution in [0.1, 0.15) is 16.7 Å². The fourth-order valence-corrected chi connectivity index (χ4v) is 4.12. The predicted molar refractivity (Wildman–Crippen MR) is 114 cm³/mol.